The Morgan fingerprint density at radius 3 is 1.07 bits per heavy atom. The summed E-state index contributed by atoms with van der Waals surface area (Å²) in [6.45, 7) is 34.6. The van der Waals surface area contributed by atoms with E-state index in [1.165, 1.54) is 45.3 Å². The van der Waals surface area contributed by atoms with Crippen molar-refractivity contribution in [2.75, 3.05) is 109 Å². The minimum Gasteiger partial charge on any atom is -0.496 e. The quantitative estimate of drug-likeness (QED) is 0.0255. The summed E-state index contributed by atoms with van der Waals surface area (Å²) >= 11 is 0. The summed E-state index contributed by atoms with van der Waals surface area (Å²) in [5, 5.41) is 44.9. The second-order valence-corrected chi connectivity index (χ2v) is 44.5. The first-order valence-corrected chi connectivity index (χ1v) is 50.2. The Labute approximate surface area is 878 Å². The van der Waals surface area contributed by atoms with Crippen molar-refractivity contribution >= 4 is 154 Å². The van der Waals surface area contributed by atoms with Crippen LogP contribution in [0.5, 0.6) is 11.5 Å². The summed E-state index contributed by atoms with van der Waals surface area (Å²) in [6.07, 6.45) is 4.00. The lowest BCUT2D eigenvalue weighted by molar-refractivity contribution is -0.147. The largest absolute Gasteiger partial charge is 0.496 e. The average Bonchev–Trinajstić information content (AvgIpc) is 1.53. The Hall–Kier alpha value is -12.3. The lowest BCUT2D eigenvalue weighted by Crippen LogP contribution is -2.54. The third-order valence-corrected chi connectivity index (χ3v) is 31.5. The molecule has 44 nitrogen and oxygen atoms in total. The number of methoxy groups -OCH3 is 7. The Bertz CT molecular complexity index is 5570. The number of aromatic nitrogens is 2. The number of hydrogen-bond donors (Lipinski definition) is 14. The van der Waals surface area contributed by atoms with E-state index >= 15 is 0 Å². The van der Waals surface area contributed by atoms with Crippen LogP contribution in [0.15, 0.2) is 48.5 Å². The lowest BCUT2D eigenvalue weighted by atomic mass is 9.95. The van der Waals surface area contributed by atoms with Gasteiger partial charge >= 0.3 is 54.0 Å². The SMILES string of the molecule is CC(C)(C)OC(=O)N1C[C@H]2[C@@H]([C@H]1C(=O)O)C2(C)C.COC(=O)[C@@H](C)C[C@@H]1CCNC1=O.COC(=O)[C@@H](N)C[C@@H]1CCNC1=O.COC(=O)[C@H](C[C@@H]1CCNC1=O)NC(=O)[C@@H]1[C@@H]2[C@H](CN1C(=O)OC(C)(C)C)C2(C)C.COC(=O)[C@H](C[C@@H]1CCNC1=O)NC(=O)[C@@H]1[C@@H]2[C@H](CN1C(=O)c1cc3c(OC)cccc3[nH]1)C2(C)C.COC(=O)[C@H](C[C@@H]1CCNC1=O)NC(=O)[C@H]1NC[C@H]2[C@@H]1C2(C)C.COc1cccc2[nH]c(C(=O)O)cc12.Cl.Cl. The number of likely N-dealkylation sites (tertiary alicyclic amines) is 3. The molecule has 0 unspecified atom stereocenters. The molecule has 0 bridgehead atoms. The third kappa shape index (κ3) is 27.9. The number of amides is 11. The predicted octanol–water partition coefficient (Wildman–Crippen LogP) is 5.95. The second kappa shape index (κ2) is 49.2. The highest BCUT2D eigenvalue weighted by atomic mass is 35.5. The second-order valence-electron chi connectivity index (χ2n) is 44.5. The molecule has 11 amide bonds. The molecule has 13 aliphatic rings. The molecule has 17 rings (SSSR count). The molecule has 15 N–H and O–H groups in total. The molecular formula is C103H151Cl2N15O29. The van der Waals surface area contributed by atoms with Gasteiger partial charge in [0.25, 0.3) is 5.91 Å². The van der Waals surface area contributed by atoms with Gasteiger partial charge in [-0.1, -0.05) is 74.4 Å². The van der Waals surface area contributed by atoms with Crippen molar-refractivity contribution in [1.82, 2.24) is 72.5 Å². The predicted molar refractivity (Wildman–Crippen MR) is 544 cm³/mol. The van der Waals surface area contributed by atoms with E-state index in [1.54, 1.807) is 85.8 Å². The van der Waals surface area contributed by atoms with Gasteiger partial charge < -0.3 is 121 Å². The maximum Gasteiger partial charge on any atom is 0.411 e. The number of piperidine rings is 4. The molecule has 46 heteroatoms. The van der Waals surface area contributed by atoms with E-state index in [4.69, 9.17) is 44.0 Å². The Morgan fingerprint density at radius 2 is 0.745 bits per heavy atom. The Kier molecular flexibility index (Phi) is 39.7. The zero-order valence-electron chi connectivity index (χ0n) is 88.9. The van der Waals surface area contributed by atoms with Gasteiger partial charge in [0.2, 0.25) is 47.3 Å². The van der Waals surface area contributed by atoms with Gasteiger partial charge in [0.05, 0.1) is 61.7 Å². The number of aromatic amines is 2. The van der Waals surface area contributed by atoms with Crippen molar-refractivity contribution in [3.05, 3.63) is 59.9 Å². The summed E-state index contributed by atoms with van der Waals surface area (Å²) in [7, 11) is 9.59. The molecule has 22 atom stereocenters. The molecule has 826 valence electrons. The lowest BCUT2D eigenvalue weighted by Gasteiger charge is -2.32. The van der Waals surface area contributed by atoms with E-state index in [0.29, 0.717) is 107 Å². The monoisotopic (exact) mass is 2130 g/mol. The Morgan fingerprint density at radius 1 is 0.423 bits per heavy atom. The fraction of sp³-hybridized carbons (Fsp3) is 0.670. The van der Waals surface area contributed by atoms with Crippen LogP contribution < -0.4 is 63.1 Å². The number of rotatable bonds is 26. The van der Waals surface area contributed by atoms with Gasteiger partial charge in [0.1, 0.15) is 76.4 Å². The zero-order chi connectivity index (χ0) is 109. The molecule has 9 aliphatic heterocycles. The number of carbonyl (C=O) groups is 18. The van der Waals surface area contributed by atoms with E-state index < -0.39 is 113 Å². The number of halogens is 2. The number of H-pyrrole nitrogens is 2. The average molecular weight is 2130 g/mol. The molecular weight excluding hydrogens is 1980 g/mol. The smallest absolute Gasteiger partial charge is 0.411 e. The van der Waals surface area contributed by atoms with Gasteiger partial charge in [-0.3, -0.25) is 62.5 Å². The zero-order valence-corrected chi connectivity index (χ0v) is 90.5. The van der Waals surface area contributed by atoms with Crippen LogP contribution in [0, 0.1) is 105 Å². The van der Waals surface area contributed by atoms with E-state index in [2.05, 4.69) is 123 Å². The maximum absolute atomic E-state index is 13.6. The molecule has 4 aromatic rings. The third-order valence-electron chi connectivity index (χ3n) is 31.5. The molecule has 0 spiro atoms. The highest BCUT2D eigenvalue weighted by Gasteiger charge is 2.73. The fourth-order valence-corrected chi connectivity index (χ4v) is 22.8. The molecule has 2 aromatic heterocycles. The number of aromatic carboxylic acids is 1. The minimum atomic E-state index is -0.969. The van der Waals surface area contributed by atoms with Gasteiger partial charge in [-0.15, -0.1) is 24.8 Å². The summed E-state index contributed by atoms with van der Waals surface area (Å²) in [4.78, 5) is 227. The molecule has 0 radical (unpaired) electrons. The first-order chi connectivity index (χ1) is 69.0. The van der Waals surface area contributed by atoms with Gasteiger partial charge in [-0.2, -0.15) is 0 Å². The number of ether oxygens (including phenoxy) is 9. The van der Waals surface area contributed by atoms with Crippen LogP contribution in [0.4, 0.5) is 9.59 Å². The van der Waals surface area contributed by atoms with Crippen LogP contribution in [-0.4, -0.2) is 310 Å². The van der Waals surface area contributed by atoms with Crippen molar-refractivity contribution in [1.29, 1.82) is 0 Å². The number of nitrogens with zero attached hydrogens (tertiary/aromatic N) is 3. The van der Waals surface area contributed by atoms with E-state index in [-0.39, 0.29) is 196 Å². The number of fused-ring (bicyclic) bond motifs is 6. The normalized spacial score (nSPS) is 27.1. The van der Waals surface area contributed by atoms with Crippen molar-refractivity contribution in [3.8, 4) is 11.5 Å². The summed E-state index contributed by atoms with van der Waals surface area (Å²) in [6, 6.07) is 8.44. The topological polar surface area (TPSA) is 606 Å². The van der Waals surface area contributed by atoms with Gasteiger partial charge in [-0.05, 0) is 212 Å². The number of hydrogen-bond acceptors (Lipinski definition) is 29. The number of benzene rings is 2. The van der Waals surface area contributed by atoms with Crippen molar-refractivity contribution in [2.45, 2.75) is 228 Å². The van der Waals surface area contributed by atoms with Crippen LogP contribution in [0.2, 0.25) is 0 Å². The highest BCUT2D eigenvalue weighted by Crippen LogP contribution is 2.68. The summed E-state index contributed by atoms with van der Waals surface area (Å²) < 4.78 is 44.9. The van der Waals surface area contributed by atoms with Gasteiger partial charge in [-0.25, -0.2) is 33.6 Å². The van der Waals surface area contributed by atoms with Gasteiger partial charge in [0.15, 0.2) is 0 Å². The molecule has 4 saturated carbocycles. The molecule has 149 heavy (non-hydrogen) atoms. The molecule has 2 aromatic carbocycles. The minimum absolute atomic E-state index is 0. The van der Waals surface area contributed by atoms with Crippen LogP contribution >= 0.6 is 24.8 Å². The summed E-state index contributed by atoms with van der Waals surface area (Å²) in [5.41, 5.74) is 6.38. The summed E-state index contributed by atoms with van der Waals surface area (Å²) in [5.74, 6) is -4.24. The number of carboxylic acid groups (broad SMARTS) is 2. The first-order valence-electron chi connectivity index (χ1n) is 50.2. The van der Waals surface area contributed by atoms with E-state index in [0.717, 1.165) is 47.7 Å². The number of carbonyl (C=O) groups excluding carboxylic acids is 16. The first kappa shape index (κ1) is 120. The van der Waals surface area contributed by atoms with E-state index in [1.807, 2.05) is 30.3 Å². The van der Waals surface area contributed by atoms with Crippen LogP contribution in [-0.2, 0) is 100 Å². The van der Waals surface area contributed by atoms with Crippen LogP contribution in [0.1, 0.15) is 189 Å². The molecule has 11 heterocycles. The van der Waals surface area contributed by atoms with Crippen LogP contribution in [0.25, 0.3) is 21.8 Å². The highest BCUT2D eigenvalue weighted by molar-refractivity contribution is 6.03. The fourth-order valence-electron chi connectivity index (χ4n) is 22.8. The number of aliphatic carboxylic acids is 1. The molecule has 13 fully saturated rings. The van der Waals surface area contributed by atoms with Crippen molar-refractivity contribution in [3.63, 3.8) is 0 Å². The van der Waals surface area contributed by atoms with Crippen LogP contribution in [0.3, 0.4) is 0 Å². The Balaban J connectivity index is 0.000000199. The number of nitrogens with one attached hydrogen (secondary N) is 11. The standard InChI is InChI=1S/C26H32N4O6.C21H33N3O6.C16H25N3O4.C13H21NO4.C10H9NO3.C9H15NO3.C8H14N2O3.2ClH/c1-26(2)15-12-30(24(33)17-11-14-16(28-17)6-5-7-19(14)35-3)21(20(15)26)23(32)29-18(25(34)36-4)10-13-8-9-27-22(13)31;1-20(2,3)30-19(28)24-10-12-14(21(12,4)5)15(24)17(26)23-13(18(27)29-6)9-11-7-8-22-16(11)25;1-16(2)9-7-18-12(11(9)16)14(21)19-10(15(22)23-3)6-8-4-5-17-13(8)20;1-12(2,3)18-11(17)14-6-7-8(13(7,4)5)9(14)10(15)16;1-14-9-4-2-3-7-6(9)5-8(11-7)10(12)13;1-6(9(12)13-2)5-7-3-4-10-8(7)11;1-13-8(12)6(9)4-5-2-3-10-7(5)11;;/h5-7,11,13,15,18,20-21,28H,8-10,12H2,1-4H3,(H,27,31)(H,29,32);11-15H,7-10H2,1-6H3,(H,22,25)(H,23,26);8-12,18H,4-7H2,1-3H3,(H,17,20)(H,19,21);7-9H,6H2,1-5H3,(H,15,16);2-5,11H,1H3,(H,12,13);6-7H,3-5H2,1-2H3,(H,10,11);5-6H,2-4,9H2,1H3,(H,10,11);2*1H/t13-,15-,18-,20-,21-;11-,12-,13-,14-,15-;8-,9-,10-,11-,12-;7-,8-,9-;;6-,7-;5-,6-;;/m0000.00../s1. The number of esters is 5. The van der Waals surface area contributed by atoms with Gasteiger partial charge in [0, 0.05) is 110 Å². The maximum atomic E-state index is 13.6. The van der Waals surface area contributed by atoms with Crippen molar-refractivity contribution in [2.24, 2.45) is 110 Å². The molecule has 4 aliphatic carbocycles. The van der Waals surface area contributed by atoms with E-state index in [9.17, 15) is 91.4 Å². The molecule has 9 saturated heterocycles. The van der Waals surface area contributed by atoms with Crippen molar-refractivity contribution < 1.29 is 139 Å². The number of nitrogens with two attached hydrogens (primary N) is 1. The number of carboxylic acids is 2.